The number of amides is 2. The first-order valence-electron chi connectivity index (χ1n) is 8.34. The van der Waals surface area contributed by atoms with Crippen LogP contribution in [0.4, 0.5) is 4.79 Å². The Hall–Kier alpha value is -2.31. The first-order valence-corrected chi connectivity index (χ1v) is 8.34. The molecule has 0 N–H and O–H groups in total. The molecule has 0 unspecified atom stereocenters. The van der Waals surface area contributed by atoms with Crippen LogP contribution in [0.5, 0.6) is 5.88 Å². The monoisotopic (exact) mass is 349 g/mol. The first-order chi connectivity index (χ1) is 11.5. The highest BCUT2D eigenvalue weighted by atomic mass is 16.6. The van der Waals surface area contributed by atoms with Crippen molar-refractivity contribution in [1.29, 1.82) is 0 Å². The number of nitrogens with zero attached hydrogens (tertiary/aromatic N) is 3. The van der Waals surface area contributed by atoms with Crippen molar-refractivity contribution in [3.05, 3.63) is 23.9 Å². The maximum atomic E-state index is 12.9. The van der Waals surface area contributed by atoms with Crippen LogP contribution in [0, 0.1) is 0 Å². The van der Waals surface area contributed by atoms with Crippen LogP contribution in [-0.4, -0.2) is 64.7 Å². The molecule has 0 bridgehead atoms. The molecule has 0 saturated carbocycles. The van der Waals surface area contributed by atoms with E-state index in [1.165, 1.54) is 7.11 Å². The Balaban J connectivity index is 2.12. The standard InChI is InChI=1S/C18H27N3O4/c1-17(2,3)25-16(23)20-10-11-21(18(4,5)12-20)15(22)13-8-7-9-14(19-13)24-6/h7-9H,10-12H2,1-6H3. The lowest BCUT2D eigenvalue weighted by atomic mass is 9.98. The Labute approximate surface area is 148 Å². The number of hydrogen-bond donors (Lipinski definition) is 0. The predicted octanol–water partition coefficient (Wildman–Crippen LogP) is 2.56. The number of pyridine rings is 1. The van der Waals surface area contributed by atoms with Crippen molar-refractivity contribution >= 4 is 12.0 Å². The summed E-state index contributed by atoms with van der Waals surface area (Å²) in [6.07, 6.45) is -0.354. The van der Waals surface area contributed by atoms with E-state index < -0.39 is 11.1 Å². The van der Waals surface area contributed by atoms with Gasteiger partial charge in [0.15, 0.2) is 0 Å². The topological polar surface area (TPSA) is 72.0 Å². The van der Waals surface area contributed by atoms with Crippen LogP contribution in [0.1, 0.15) is 45.1 Å². The first kappa shape index (κ1) is 19.0. The SMILES string of the molecule is COc1cccc(C(=O)N2CCN(C(=O)OC(C)(C)C)CC2(C)C)n1. The average Bonchev–Trinajstić information content (AvgIpc) is 2.51. The molecule has 0 aliphatic carbocycles. The normalized spacial score (nSPS) is 17.2. The third kappa shape index (κ3) is 4.61. The smallest absolute Gasteiger partial charge is 0.410 e. The van der Waals surface area contributed by atoms with E-state index in [0.29, 0.717) is 31.2 Å². The Kier molecular flexibility index (Phi) is 5.25. The van der Waals surface area contributed by atoms with Crippen LogP contribution in [-0.2, 0) is 4.74 Å². The molecule has 2 heterocycles. The quantitative estimate of drug-likeness (QED) is 0.820. The zero-order valence-corrected chi connectivity index (χ0v) is 15.8. The molecule has 2 amide bonds. The summed E-state index contributed by atoms with van der Waals surface area (Å²) >= 11 is 0. The van der Waals surface area contributed by atoms with E-state index in [2.05, 4.69) is 4.98 Å². The number of hydrogen-bond acceptors (Lipinski definition) is 5. The lowest BCUT2D eigenvalue weighted by Gasteiger charge is -2.46. The summed E-state index contributed by atoms with van der Waals surface area (Å²) in [5.74, 6) is 0.226. The summed E-state index contributed by atoms with van der Waals surface area (Å²) in [5.41, 5.74) is -0.742. The number of rotatable bonds is 2. The molecule has 138 valence electrons. The molecule has 2 rings (SSSR count). The molecule has 0 spiro atoms. The summed E-state index contributed by atoms with van der Waals surface area (Å²) in [6.45, 7) is 10.6. The molecule has 1 aromatic rings. The number of methoxy groups -OCH3 is 1. The van der Waals surface area contributed by atoms with E-state index >= 15 is 0 Å². The van der Waals surface area contributed by atoms with Gasteiger partial charge in [0.1, 0.15) is 11.3 Å². The number of aromatic nitrogens is 1. The molecule has 1 aromatic heterocycles. The van der Waals surface area contributed by atoms with Crippen molar-refractivity contribution < 1.29 is 19.1 Å². The van der Waals surface area contributed by atoms with Gasteiger partial charge in [-0.2, -0.15) is 0 Å². The van der Waals surface area contributed by atoms with Gasteiger partial charge in [0, 0.05) is 25.7 Å². The molecule has 0 radical (unpaired) electrons. The van der Waals surface area contributed by atoms with Crippen molar-refractivity contribution in [1.82, 2.24) is 14.8 Å². The van der Waals surface area contributed by atoms with Crippen LogP contribution >= 0.6 is 0 Å². The number of piperazine rings is 1. The van der Waals surface area contributed by atoms with Crippen molar-refractivity contribution in [3.63, 3.8) is 0 Å². The van der Waals surface area contributed by atoms with E-state index in [4.69, 9.17) is 9.47 Å². The minimum atomic E-state index is -0.543. The molecule has 7 nitrogen and oxygen atoms in total. The van der Waals surface area contributed by atoms with Crippen molar-refractivity contribution in [2.75, 3.05) is 26.7 Å². The van der Waals surface area contributed by atoms with Gasteiger partial charge in [-0.3, -0.25) is 4.79 Å². The zero-order chi connectivity index (χ0) is 18.8. The Bertz CT molecular complexity index is 652. The molecular weight excluding hydrogens is 322 g/mol. The molecule has 1 fully saturated rings. The van der Waals surface area contributed by atoms with Gasteiger partial charge in [-0.05, 0) is 40.7 Å². The summed E-state index contributed by atoms with van der Waals surface area (Å²) < 4.78 is 10.5. The molecule has 1 aliphatic heterocycles. The molecular formula is C18H27N3O4. The van der Waals surface area contributed by atoms with Crippen LogP contribution in [0.25, 0.3) is 0 Å². The Morgan fingerprint density at radius 2 is 1.88 bits per heavy atom. The van der Waals surface area contributed by atoms with Gasteiger partial charge in [-0.1, -0.05) is 6.07 Å². The Morgan fingerprint density at radius 3 is 2.44 bits per heavy atom. The maximum absolute atomic E-state index is 12.9. The van der Waals surface area contributed by atoms with Gasteiger partial charge in [0.25, 0.3) is 5.91 Å². The highest BCUT2D eigenvalue weighted by Gasteiger charge is 2.40. The second-order valence-corrected chi connectivity index (χ2v) is 7.74. The van der Waals surface area contributed by atoms with Gasteiger partial charge < -0.3 is 19.3 Å². The van der Waals surface area contributed by atoms with Gasteiger partial charge in [-0.15, -0.1) is 0 Å². The number of carbonyl (C=O) groups is 2. The van der Waals surface area contributed by atoms with E-state index in [1.807, 2.05) is 34.6 Å². The highest BCUT2D eigenvalue weighted by molar-refractivity contribution is 5.93. The summed E-state index contributed by atoms with van der Waals surface area (Å²) in [5, 5.41) is 0. The fourth-order valence-electron chi connectivity index (χ4n) is 2.80. The van der Waals surface area contributed by atoms with Crippen molar-refractivity contribution in [2.24, 2.45) is 0 Å². The molecule has 0 aromatic carbocycles. The molecule has 0 atom stereocenters. The maximum Gasteiger partial charge on any atom is 0.410 e. The average molecular weight is 349 g/mol. The number of ether oxygens (including phenoxy) is 2. The van der Waals surface area contributed by atoms with Crippen molar-refractivity contribution in [2.45, 2.75) is 45.8 Å². The fourth-order valence-corrected chi connectivity index (χ4v) is 2.80. The lowest BCUT2D eigenvalue weighted by Crippen LogP contribution is -2.62. The fraction of sp³-hybridized carbons (Fsp3) is 0.611. The third-order valence-corrected chi connectivity index (χ3v) is 3.95. The third-order valence-electron chi connectivity index (χ3n) is 3.95. The van der Waals surface area contributed by atoms with E-state index in [9.17, 15) is 9.59 Å². The largest absolute Gasteiger partial charge is 0.481 e. The second kappa shape index (κ2) is 6.90. The van der Waals surface area contributed by atoms with Crippen LogP contribution < -0.4 is 4.74 Å². The second-order valence-electron chi connectivity index (χ2n) is 7.74. The van der Waals surface area contributed by atoms with Gasteiger partial charge in [0.05, 0.1) is 12.6 Å². The van der Waals surface area contributed by atoms with Gasteiger partial charge >= 0.3 is 6.09 Å². The van der Waals surface area contributed by atoms with Crippen LogP contribution in [0.2, 0.25) is 0 Å². The molecule has 1 saturated heterocycles. The van der Waals surface area contributed by atoms with Gasteiger partial charge in [-0.25, -0.2) is 9.78 Å². The predicted molar refractivity (Wildman–Crippen MR) is 93.7 cm³/mol. The minimum absolute atomic E-state index is 0.173. The van der Waals surface area contributed by atoms with Crippen molar-refractivity contribution in [3.8, 4) is 5.88 Å². The lowest BCUT2D eigenvalue weighted by molar-refractivity contribution is -0.0110. The van der Waals surface area contributed by atoms with Crippen LogP contribution in [0.3, 0.4) is 0 Å². The summed E-state index contributed by atoms with van der Waals surface area (Å²) in [6, 6.07) is 5.10. The molecule has 7 heteroatoms. The van der Waals surface area contributed by atoms with Gasteiger partial charge in [0.2, 0.25) is 5.88 Å². The summed E-state index contributed by atoms with van der Waals surface area (Å²) in [7, 11) is 1.51. The Morgan fingerprint density at radius 1 is 1.20 bits per heavy atom. The van der Waals surface area contributed by atoms with Crippen LogP contribution in [0.15, 0.2) is 18.2 Å². The van der Waals surface area contributed by atoms with E-state index in [1.54, 1.807) is 28.0 Å². The minimum Gasteiger partial charge on any atom is -0.481 e. The van der Waals surface area contributed by atoms with E-state index in [-0.39, 0.29) is 12.0 Å². The van der Waals surface area contributed by atoms with E-state index in [0.717, 1.165) is 0 Å². The molecule has 25 heavy (non-hydrogen) atoms. The summed E-state index contributed by atoms with van der Waals surface area (Å²) in [4.78, 5) is 32.8. The number of carbonyl (C=O) groups excluding carboxylic acids is 2. The highest BCUT2D eigenvalue weighted by Crippen LogP contribution is 2.24. The molecule has 1 aliphatic rings. The zero-order valence-electron chi connectivity index (χ0n) is 15.8.